The number of ether oxygens (including phenoxy) is 1. The standard InChI is InChI=1S/C18H14N2O5/c1-25-10-4-13-15(19-5-10)16-14(17(13)23)11-2-8(6-21)9(7-22)3-12(11)18(24)20-16/h2-5,21-22H,6-7H2,1H3,(H,20,24). The fourth-order valence-corrected chi connectivity index (χ4v) is 3.23. The fourth-order valence-electron chi connectivity index (χ4n) is 3.23. The Bertz CT molecular complexity index is 1100. The number of pyridine rings is 2. The van der Waals surface area contributed by atoms with E-state index in [0.717, 1.165) is 0 Å². The summed E-state index contributed by atoms with van der Waals surface area (Å²) in [5.41, 5.74) is 1.99. The molecule has 7 nitrogen and oxygen atoms in total. The molecule has 0 unspecified atom stereocenters. The third-order valence-corrected chi connectivity index (χ3v) is 4.49. The number of hydrogen-bond donors (Lipinski definition) is 3. The summed E-state index contributed by atoms with van der Waals surface area (Å²) in [5, 5.41) is 19.7. The van der Waals surface area contributed by atoms with E-state index in [1.807, 2.05) is 0 Å². The van der Waals surface area contributed by atoms with Crippen LogP contribution in [0, 0.1) is 0 Å². The van der Waals surface area contributed by atoms with Crippen molar-refractivity contribution in [3.05, 3.63) is 57.0 Å². The lowest BCUT2D eigenvalue weighted by Gasteiger charge is -2.10. The number of nitrogens with one attached hydrogen (secondary N) is 1. The second-order valence-electron chi connectivity index (χ2n) is 5.79. The van der Waals surface area contributed by atoms with Gasteiger partial charge in [-0.3, -0.25) is 14.6 Å². The van der Waals surface area contributed by atoms with Gasteiger partial charge >= 0.3 is 0 Å². The first-order valence-electron chi connectivity index (χ1n) is 7.61. The van der Waals surface area contributed by atoms with E-state index >= 15 is 0 Å². The summed E-state index contributed by atoms with van der Waals surface area (Å²) in [7, 11) is 1.48. The molecule has 0 bridgehead atoms. The minimum Gasteiger partial charge on any atom is -0.495 e. The van der Waals surface area contributed by atoms with E-state index < -0.39 is 0 Å². The first-order chi connectivity index (χ1) is 12.1. The van der Waals surface area contributed by atoms with Crippen molar-refractivity contribution in [3.8, 4) is 17.1 Å². The number of ketones is 1. The lowest BCUT2D eigenvalue weighted by atomic mass is 9.97. The minimum atomic E-state index is -0.383. The number of carbonyl (C=O) groups is 1. The van der Waals surface area contributed by atoms with Crippen LogP contribution < -0.4 is 10.3 Å². The number of H-pyrrole nitrogens is 1. The highest BCUT2D eigenvalue weighted by atomic mass is 16.5. The molecule has 25 heavy (non-hydrogen) atoms. The van der Waals surface area contributed by atoms with E-state index in [-0.39, 0.29) is 29.9 Å². The monoisotopic (exact) mass is 338 g/mol. The molecule has 0 spiro atoms. The van der Waals surface area contributed by atoms with E-state index in [2.05, 4.69) is 9.97 Å². The van der Waals surface area contributed by atoms with Crippen LogP contribution in [-0.4, -0.2) is 33.1 Å². The second kappa shape index (κ2) is 5.51. The number of nitrogens with zero attached hydrogens (tertiary/aromatic N) is 1. The highest BCUT2D eigenvalue weighted by molar-refractivity contribution is 6.26. The maximum atomic E-state index is 12.9. The molecule has 0 aliphatic heterocycles. The van der Waals surface area contributed by atoms with Crippen LogP contribution >= 0.6 is 0 Å². The quantitative estimate of drug-likeness (QED) is 0.516. The number of benzene rings is 1. The Balaban J connectivity index is 2.09. The van der Waals surface area contributed by atoms with E-state index in [9.17, 15) is 19.8 Å². The Hall–Kier alpha value is -3.03. The number of aliphatic hydroxyl groups is 2. The smallest absolute Gasteiger partial charge is 0.256 e. The number of fused-ring (bicyclic) bond motifs is 5. The lowest BCUT2D eigenvalue weighted by Crippen LogP contribution is -2.11. The number of methoxy groups -OCH3 is 1. The van der Waals surface area contributed by atoms with Crippen molar-refractivity contribution in [1.29, 1.82) is 0 Å². The van der Waals surface area contributed by atoms with Gasteiger partial charge in [-0.2, -0.15) is 0 Å². The zero-order chi connectivity index (χ0) is 17.7. The molecule has 7 heteroatoms. The molecule has 0 fully saturated rings. The number of aromatic amines is 1. The van der Waals surface area contributed by atoms with Crippen LogP contribution in [0.4, 0.5) is 0 Å². The summed E-state index contributed by atoms with van der Waals surface area (Å²) >= 11 is 0. The SMILES string of the molecule is COc1cnc2c(c1)C(=O)c1c-2[nH]c(=O)c2cc(CO)c(CO)cc12. The van der Waals surface area contributed by atoms with Gasteiger partial charge in [0.15, 0.2) is 5.78 Å². The lowest BCUT2D eigenvalue weighted by molar-refractivity contribution is 0.104. The molecule has 2 aromatic heterocycles. The van der Waals surface area contributed by atoms with Crippen molar-refractivity contribution in [1.82, 2.24) is 9.97 Å². The Labute approximate surface area is 141 Å². The first kappa shape index (κ1) is 15.5. The molecule has 0 saturated carbocycles. The van der Waals surface area contributed by atoms with Crippen LogP contribution in [0.2, 0.25) is 0 Å². The molecule has 0 radical (unpaired) electrons. The van der Waals surface area contributed by atoms with Gasteiger partial charge in [0.2, 0.25) is 0 Å². The van der Waals surface area contributed by atoms with Gasteiger partial charge in [-0.1, -0.05) is 0 Å². The summed E-state index contributed by atoms with van der Waals surface area (Å²) in [6.07, 6.45) is 1.48. The van der Waals surface area contributed by atoms with Crippen LogP contribution in [0.3, 0.4) is 0 Å². The third-order valence-electron chi connectivity index (χ3n) is 4.49. The molecular weight excluding hydrogens is 324 g/mol. The van der Waals surface area contributed by atoms with Crippen LogP contribution in [0.5, 0.6) is 5.75 Å². The molecule has 0 atom stereocenters. The summed E-state index contributed by atoms with van der Waals surface area (Å²) in [6, 6.07) is 4.67. The van der Waals surface area contributed by atoms with E-state index in [1.165, 1.54) is 19.4 Å². The van der Waals surface area contributed by atoms with Crippen molar-refractivity contribution in [2.24, 2.45) is 0 Å². The molecule has 0 saturated heterocycles. The van der Waals surface area contributed by atoms with Crippen molar-refractivity contribution in [2.45, 2.75) is 13.2 Å². The summed E-state index contributed by atoms with van der Waals surface area (Å²) in [5.74, 6) is 0.184. The topological polar surface area (TPSA) is 113 Å². The average Bonchev–Trinajstić information content (AvgIpc) is 2.92. The largest absolute Gasteiger partial charge is 0.495 e. The van der Waals surface area contributed by atoms with E-state index in [4.69, 9.17) is 4.74 Å². The van der Waals surface area contributed by atoms with Gasteiger partial charge in [-0.25, -0.2) is 0 Å². The van der Waals surface area contributed by atoms with Crippen LogP contribution in [0.15, 0.2) is 29.2 Å². The van der Waals surface area contributed by atoms with Crippen LogP contribution in [-0.2, 0) is 13.2 Å². The fraction of sp³-hybridized carbons (Fsp3) is 0.167. The molecule has 1 aliphatic carbocycles. The van der Waals surface area contributed by atoms with Crippen molar-refractivity contribution in [3.63, 3.8) is 0 Å². The normalized spacial score (nSPS) is 12.4. The molecular formula is C18H14N2O5. The summed E-state index contributed by atoms with van der Waals surface area (Å²) < 4.78 is 5.12. The predicted molar refractivity (Wildman–Crippen MR) is 89.6 cm³/mol. The Kier molecular flexibility index (Phi) is 3.41. The molecule has 2 heterocycles. The molecule has 3 aromatic rings. The molecule has 126 valence electrons. The Morgan fingerprint density at radius 1 is 1.08 bits per heavy atom. The average molecular weight is 338 g/mol. The maximum absolute atomic E-state index is 12.9. The van der Waals surface area contributed by atoms with Crippen molar-refractivity contribution in [2.75, 3.05) is 7.11 Å². The molecule has 1 aliphatic rings. The number of hydrogen-bond acceptors (Lipinski definition) is 6. The van der Waals surface area contributed by atoms with Crippen molar-refractivity contribution < 1.29 is 19.7 Å². The third kappa shape index (κ3) is 2.10. The van der Waals surface area contributed by atoms with E-state index in [1.54, 1.807) is 12.1 Å². The minimum absolute atomic E-state index is 0.265. The summed E-state index contributed by atoms with van der Waals surface area (Å²) in [6.45, 7) is -0.615. The second-order valence-corrected chi connectivity index (χ2v) is 5.79. The van der Waals surface area contributed by atoms with Crippen molar-refractivity contribution >= 4 is 16.6 Å². The zero-order valence-electron chi connectivity index (χ0n) is 13.3. The Morgan fingerprint density at radius 3 is 2.40 bits per heavy atom. The number of rotatable bonds is 3. The van der Waals surface area contributed by atoms with Gasteiger partial charge in [0.1, 0.15) is 5.75 Å². The molecule has 4 rings (SSSR count). The van der Waals surface area contributed by atoms with Gasteiger partial charge in [0.25, 0.3) is 5.56 Å². The van der Waals surface area contributed by atoms with Gasteiger partial charge in [-0.15, -0.1) is 0 Å². The van der Waals surface area contributed by atoms with Crippen LogP contribution in [0.1, 0.15) is 27.0 Å². The molecule has 3 N–H and O–H groups in total. The predicted octanol–water partition coefficient (Wildman–Crippen LogP) is 1.13. The van der Waals surface area contributed by atoms with E-state index in [0.29, 0.717) is 44.8 Å². The number of aliphatic hydroxyl groups excluding tert-OH is 2. The maximum Gasteiger partial charge on any atom is 0.256 e. The zero-order valence-corrected chi connectivity index (χ0v) is 13.3. The highest BCUT2D eigenvalue weighted by Crippen LogP contribution is 2.38. The first-order valence-corrected chi connectivity index (χ1v) is 7.61. The van der Waals surface area contributed by atoms with Crippen LogP contribution in [0.25, 0.3) is 22.2 Å². The van der Waals surface area contributed by atoms with Gasteiger partial charge in [0.05, 0.1) is 49.0 Å². The van der Waals surface area contributed by atoms with Gasteiger partial charge in [0, 0.05) is 10.8 Å². The summed E-state index contributed by atoms with van der Waals surface area (Å²) in [4.78, 5) is 32.3. The number of carbonyl (C=O) groups excluding carboxylic acids is 1. The Morgan fingerprint density at radius 2 is 1.76 bits per heavy atom. The van der Waals surface area contributed by atoms with Gasteiger partial charge in [-0.05, 0) is 29.3 Å². The molecule has 0 amide bonds. The number of aromatic nitrogens is 2. The van der Waals surface area contributed by atoms with Gasteiger partial charge < -0.3 is 19.9 Å². The molecule has 1 aromatic carbocycles. The highest BCUT2D eigenvalue weighted by Gasteiger charge is 2.32.